The molecule has 0 heterocycles. The molecule has 12 heavy (non-hydrogen) atoms. The van der Waals surface area contributed by atoms with Crippen LogP contribution in [0, 0.1) is 0 Å². The smallest absolute Gasteiger partial charge is 0.302 e. The Bertz CT molecular complexity index is 186. The number of hydrogen-bond acceptors (Lipinski definition) is 5. The first-order valence-corrected chi connectivity index (χ1v) is 5.05. The highest BCUT2D eigenvalue weighted by molar-refractivity contribution is 7.71. The average molecular weight is 196 g/mol. The van der Waals surface area contributed by atoms with Crippen molar-refractivity contribution in [3.63, 3.8) is 0 Å². The normalized spacial score (nSPS) is 11.2. The number of carbonyl (C=O) groups is 1. The minimum Gasteiger partial charge on any atom is -0.302 e. The van der Waals surface area contributed by atoms with Crippen LogP contribution in [0.25, 0.3) is 0 Å². The number of hydrogen-bond donors (Lipinski definition) is 2. The minimum atomic E-state index is -3.69. The van der Waals surface area contributed by atoms with Gasteiger partial charge in [-0.15, -0.1) is 0 Å². The number of hydrazine groups is 1. The van der Waals surface area contributed by atoms with Crippen molar-refractivity contribution in [1.29, 1.82) is 0 Å². The molecule has 0 rings (SSSR count). The van der Waals surface area contributed by atoms with Gasteiger partial charge in [-0.1, -0.05) is 0 Å². The Balaban J connectivity index is 4.38. The number of nitrogens with one attached hydrogen (secondary N) is 1. The number of nitrogens with two attached hydrogens (primary N) is 1. The topological polar surface area (TPSA) is 90.6 Å². The Hall–Kier alpha value is -0.420. The summed E-state index contributed by atoms with van der Waals surface area (Å²) in [4.78, 5) is 10.9. The van der Waals surface area contributed by atoms with Gasteiger partial charge >= 0.3 is 13.2 Å². The van der Waals surface area contributed by atoms with Crippen LogP contribution in [0.4, 0.5) is 4.79 Å². The van der Waals surface area contributed by atoms with Crippen molar-refractivity contribution in [1.82, 2.24) is 5.43 Å². The van der Waals surface area contributed by atoms with Gasteiger partial charge in [0.1, 0.15) is 0 Å². The van der Waals surface area contributed by atoms with Crippen LogP contribution in [0.3, 0.4) is 0 Å². The SMILES string of the molecule is CCOP(=O)(OCC)C(=O)NN. The molecule has 0 spiro atoms. The predicted octanol–water partition coefficient (Wildman–Crippen LogP) is 0.836. The van der Waals surface area contributed by atoms with E-state index in [9.17, 15) is 9.36 Å². The van der Waals surface area contributed by atoms with Crippen molar-refractivity contribution in [2.24, 2.45) is 5.84 Å². The van der Waals surface area contributed by atoms with Crippen LogP contribution in [0.2, 0.25) is 0 Å². The van der Waals surface area contributed by atoms with Crippen molar-refractivity contribution < 1.29 is 18.4 Å². The van der Waals surface area contributed by atoms with Crippen molar-refractivity contribution in [3.05, 3.63) is 0 Å². The molecule has 0 atom stereocenters. The molecule has 0 radical (unpaired) electrons. The highest BCUT2D eigenvalue weighted by Crippen LogP contribution is 2.48. The maximum atomic E-state index is 11.4. The summed E-state index contributed by atoms with van der Waals surface area (Å²) in [5.74, 6) is 4.79. The van der Waals surface area contributed by atoms with Gasteiger partial charge in [0.2, 0.25) is 0 Å². The molecule has 0 saturated carbocycles. The maximum absolute atomic E-state index is 11.4. The Kier molecular flexibility index (Phi) is 5.08. The third-order valence-corrected chi connectivity index (χ3v) is 2.79. The van der Waals surface area contributed by atoms with E-state index in [1.54, 1.807) is 19.3 Å². The first-order chi connectivity index (χ1) is 5.60. The average Bonchev–Trinajstić information content (AvgIpc) is 2.04. The summed E-state index contributed by atoms with van der Waals surface area (Å²) >= 11 is 0. The second kappa shape index (κ2) is 5.27. The van der Waals surface area contributed by atoms with E-state index >= 15 is 0 Å². The quantitative estimate of drug-likeness (QED) is 0.294. The van der Waals surface area contributed by atoms with Crippen LogP contribution in [0.15, 0.2) is 0 Å². The second-order valence-electron chi connectivity index (χ2n) is 1.78. The molecule has 1 amide bonds. The molecule has 0 unspecified atom stereocenters. The van der Waals surface area contributed by atoms with Gasteiger partial charge in [0.25, 0.3) is 0 Å². The standard InChI is InChI=1S/C5H13N2O4P/c1-3-10-12(9,11-4-2)5(8)7-6/h3-4,6H2,1-2H3,(H,7,8). The van der Waals surface area contributed by atoms with Gasteiger partial charge in [0.15, 0.2) is 0 Å². The van der Waals surface area contributed by atoms with E-state index < -0.39 is 13.2 Å². The third kappa shape index (κ3) is 2.91. The van der Waals surface area contributed by atoms with E-state index in [1.807, 2.05) is 0 Å². The Labute approximate surface area is 70.9 Å². The molecule has 0 fully saturated rings. The number of rotatable bonds is 5. The molecule has 6 nitrogen and oxygen atoms in total. The molecule has 0 aromatic rings. The van der Waals surface area contributed by atoms with Gasteiger partial charge < -0.3 is 9.05 Å². The summed E-state index contributed by atoms with van der Waals surface area (Å²) in [5, 5.41) is 0. The van der Waals surface area contributed by atoms with E-state index in [1.165, 1.54) is 0 Å². The van der Waals surface area contributed by atoms with Crippen LogP contribution in [0.1, 0.15) is 13.8 Å². The van der Waals surface area contributed by atoms with Crippen LogP contribution in [-0.4, -0.2) is 18.9 Å². The largest absolute Gasteiger partial charge is 0.419 e. The Morgan fingerprint density at radius 2 is 1.83 bits per heavy atom. The summed E-state index contributed by atoms with van der Waals surface area (Å²) in [7, 11) is -3.69. The summed E-state index contributed by atoms with van der Waals surface area (Å²) in [6.45, 7) is 3.47. The highest BCUT2D eigenvalue weighted by atomic mass is 31.2. The van der Waals surface area contributed by atoms with Crippen molar-refractivity contribution in [2.75, 3.05) is 13.2 Å². The molecular formula is C5H13N2O4P. The lowest BCUT2D eigenvalue weighted by molar-refractivity contribution is 0.207. The molecule has 0 bridgehead atoms. The first-order valence-electron chi connectivity index (χ1n) is 3.51. The van der Waals surface area contributed by atoms with E-state index in [0.29, 0.717) is 0 Å². The lowest BCUT2D eigenvalue weighted by Gasteiger charge is -2.13. The van der Waals surface area contributed by atoms with Gasteiger partial charge in [-0.2, -0.15) is 0 Å². The third-order valence-electron chi connectivity index (χ3n) is 0.970. The van der Waals surface area contributed by atoms with Crippen molar-refractivity contribution in [3.8, 4) is 0 Å². The highest BCUT2D eigenvalue weighted by Gasteiger charge is 2.33. The molecule has 0 aromatic heterocycles. The van der Waals surface area contributed by atoms with E-state index in [4.69, 9.17) is 5.84 Å². The van der Waals surface area contributed by atoms with Crippen LogP contribution >= 0.6 is 7.60 Å². The Morgan fingerprint density at radius 3 is 2.08 bits per heavy atom. The van der Waals surface area contributed by atoms with Crippen LogP contribution < -0.4 is 11.3 Å². The molecule has 0 aliphatic carbocycles. The summed E-state index contributed by atoms with van der Waals surface area (Å²) in [5.41, 5.74) is 0.798. The second-order valence-corrected chi connectivity index (χ2v) is 3.70. The molecule has 0 aliphatic rings. The lowest BCUT2D eigenvalue weighted by Crippen LogP contribution is -2.29. The molecule has 0 saturated heterocycles. The fourth-order valence-corrected chi connectivity index (χ4v) is 1.72. The van der Waals surface area contributed by atoms with Crippen molar-refractivity contribution >= 4 is 13.2 Å². The number of carbonyl (C=O) groups excluding carboxylic acids is 1. The summed E-state index contributed by atoms with van der Waals surface area (Å²) < 4.78 is 20.7. The van der Waals surface area contributed by atoms with E-state index in [0.717, 1.165) is 0 Å². The molecule has 0 aromatic carbocycles. The fourth-order valence-electron chi connectivity index (χ4n) is 0.573. The lowest BCUT2D eigenvalue weighted by atomic mass is 10.9. The minimum absolute atomic E-state index is 0.130. The van der Waals surface area contributed by atoms with Gasteiger partial charge in [-0.05, 0) is 13.8 Å². The van der Waals surface area contributed by atoms with Gasteiger partial charge in [0.05, 0.1) is 13.2 Å². The molecular weight excluding hydrogens is 183 g/mol. The number of amides is 1. The van der Waals surface area contributed by atoms with Crippen LogP contribution in [0.5, 0.6) is 0 Å². The molecule has 0 aliphatic heterocycles. The summed E-state index contributed by atoms with van der Waals surface area (Å²) in [6.07, 6.45) is 0. The fraction of sp³-hybridized carbons (Fsp3) is 0.800. The van der Waals surface area contributed by atoms with Gasteiger partial charge in [0, 0.05) is 0 Å². The van der Waals surface area contributed by atoms with Crippen LogP contribution in [-0.2, 0) is 13.6 Å². The molecule has 3 N–H and O–H groups in total. The Morgan fingerprint density at radius 1 is 1.42 bits per heavy atom. The predicted molar refractivity (Wildman–Crippen MR) is 43.6 cm³/mol. The van der Waals surface area contributed by atoms with E-state index in [2.05, 4.69) is 9.05 Å². The monoisotopic (exact) mass is 196 g/mol. The zero-order valence-corrected chi connectivity index (χ0v) is 7.97. The molecule has 7 heteroatoms. The van der Waals surface area contributed by atoms with E-state index in [-0.39, 0.29) is 13.2 Å². The first kappa shape index (κ1) is 11.6. The molecule has 72 valence electrons. The maximum Gasteiger partial charge on any atom is 0.419 e. The van der Waals surface area contributed by atoms with Crippen molar-refractivity contribution in [2.45, 2.75) is 13.8 Å². The zero-order chi connectivity index (χ0) is 9.61. The summed E-state index contributed by atoms with van der Waals surface area (Å²) in [6, 6.07) is 0. The zero-order valence-electron chi connectivity index (χ0n) is 7.07. The van der Waals surface area contributed by atoms with Gasteiger partial charge in [-0.3, -0.25) is 10.2 Å². The van der Waals surface area contributed by atoms with Gasteiger partial charge in [-0.25, -0.2) is 10.4 Å².